The van der Waals surface area contributed by atoms with Crippen molar-refractivity contribution in [2.45, 2.75) is 19.9 Å². The lowest BCUT2D eigenvalue weighted by Gasteiger charge is -2.01. The van der Waals surface area contributed by atoms with E-state index in [1.54, 1.807) is 0 Å². The van der Waals surface area contributed by atoms with Crippen molar-refractivity contribution in [1.29, 1.82) is 0 Å². The molecule has 0 unspecified atom stereocenters. The van der Waals surface area contributed by atoms with Crippen LogP contribution in [0.3, 0.4) is 0 Å². The molecule has 2 heterocycles. The minimum Gasteiger partial charge on any atom is -0.347 e. The largest absolute Gasteiger partial charge is 0.347 e. The molecule has 0 atom stereocenters. The lowest BCUT2D eigenvalue weighted by molar-refractivity contribution is -0.110. The average Bonchev–Trinajstić information content (AvgIpc) is 3.07. The van der Waals surface area contributed by atoms with Crippen molar-refractivity contribution >= 4 is 34.1 Å². The lowest BCUT2D eigenvalue weighted by atomic mass is 10.0. The second-order valence-electron chi connectivity index (χ2n) is 5.85. The third-order valence-electron chi connectivity index (χ3n) is 4.29. The molecular formula is C20H18N2O. The smallest absolute Gasteiger partial charge is 0.256 e. The van der Waals surface area contributed by atoms with Gasteiger partial charge in [0.25, 0.3) is 5.91 Å². The number of anilines is 1. The summed E-state index contributed by atoms with van der Waals surface area (Å²) in [5.41, 5.74) is 4.91. The van der Waals surface area contributed by atoms with Gasteiger partial charge in [0, 0.05) is 46.0 Å². The van der Waals surface area contributed by atoms with Crippen molar-refractivity contribution in [1.82, 2.24) is 4.57 Å². The number of fused-ring (bicyclic) bond motifs is 2. The van der Waals surface area contributed by atoms with E-state index in [2.05, 4.69) is 41.2 Å². The van der Waals surface area contributed by atoms with Gasteiger partial charge in [-0.1, -0.05) is 43.3 Å². The molecule has 114 valence electrons. The summed E-state index contributed by atoms with van der Waals surface area (Å²) in [6.07, 6.45) is 5.24. The summed E-state index contributed by atoms with van der Waals surface area (Å²) in [4.78, 5) is 12.3. The number of aromatic nitrogens is 1. The summed E-state index contributed by atoms with van der Waals surface area (Å²) in [5.74, 6) is -0.0291. The number of nitrogens with one attached hydrogen (secondary N) is 1. The van der Waals surface area contributed by atoms with Gasteiger partial charge in [-0.25, -0.2) is 0 Å². The van der Waals surface area contributed by atoms with E-state index < -0.39 is 0 Å². The topological polar surface area (TPSA) is 34.0 Å². The van der Waals surface area contributed by atoms with Gasteiger partial charge in [-0.05, 0) is 24.6 Å². The molecule has 3 nitrogen and oxygen atoms in total. The maximum atomic E-state index is 12.3. The summed E-state index contributed by atoms with van der Waals surface area (Å²) < 4.78 is 2.26. The van der Waals surface area contributed by atoms with Crippen LogP contribution in [-0.2, 0) is 11.3 Å². The van der Waals surface area contributed by atoms with Gasteiger partial charge in [0.05, 0.1) is 0 Å². The molecule has 1 N–H and O–H groups in total. The fourth-order valence-corrected chi connectivity index (χ4v) is 3.25. The van der Waals surface area contributed by atoms with Crippen LogP contribution < -0.4 is 5.32 Å². The third kappa shape index (κ3) is 2.25. The maximum Gasteiger partial charge on any atom is 0.256 e. The van der Waals surface area contributed by atoms with Crippen molar-refractivity contribution in [3.8, 4) is 0 Å². The van der Waals surface area contributed by atoms with Crippen LogP contribution in [-0.4, -0.2) is 10.5 Å². The van der Waals surface area contributed by atoms with Crippen LogP contribution in [0.5, 0.6) is 0 Å². The van der Waals surface area contributed by atoms with Gasteiger partial charge in [0.15, 0.2) is 0 Å². The van der Waals surface area contributed by atoms with Gasteiger partial charge in [-0.15, -0.1) is 0 Å². The first kappa shape index (κ1) is 13.8. The summed E-state index contributed by atoms with van der Waals surface area (Å²) in [6, 6.07) is 16.2. The minimum atomic E-state index is -0.0291. The molecule has 1 aliphatic rings. The first-order chi connectivity index (χ1) is 11.3. The highest BCUT2D eigenvalue weighted by Gasteiger charge is 2.23. The van der Waals surface area contributed by atoms with Crippen LogP contribution in [0, 0.1) is 0 Å². The van der Waals surface area contributed by atoms with E-state index in [0.29, 0.717) is 0 Å². The SMILES string of the molecule is CCCn1cc(/C=C2\C(=O)Nc3ccccc32)c2ccccc21. The van der Waals surface area contributed by atoms with E-state index in [0.717, 1.165) is 35.4 Å². The van der Waals surface area contributed by atoms with E-state index in [1.807, 2.05) is 36.4 Å². The van der Waals surface area contributed by atoms with E-state index >= 15 is 0 Å². The van der Waals surface area contributed by atoms with Crippen molar-refractivity contribution in [3.05, 3.63) is 65.9 Å². The normalized spacial score (nSPS) is 15.2. The lowest BCUT2D eigenvalue weighted by Crippen LogP contribution is -2.03. The Morgan fingerprint density at radius 2 is 1.87 bits per heavy atom. The third-order valence-corrected chi connectivity index (χ3v) is 4.29. The molecule has 0 fully saturated rings. The predicted octanol–water partition coefficient (Wildman–Crippen LogP) is 4.54. The Kier molecular flexibility index (Phi) is 3.27. The summed E-state index contributed by atoms with van der Waals surface area (Å²) in [7, 11) is 0. The zero-order valence-electron chi connectivity index (χ0n) is 13.0. The van der Waals surface area contributed by atoms with Gasteiger partial charge in [-0.3, -0.25) is 4.79 Å². The maximum absolute atomic E-state index is 12.3. The number of amides is 1. The van der Waals surface area contributed by atoms with Crippen LogP contribution in [0.15, 0.2) is 54.7 Å². The molecule has 1 aromatic heterocycles. The number of benzene rings is 2. The van der Waals surface area contributed by atoms with Crippen LogP contribution in [0.2, 0.25) is 0 Å². The van der Waals surface area contributed by atoms with Gasteiger partial charge in [0.1, 0.15) is 0 Å². The molecule has 0 saturated carbocycles. The number of nitrogens with zero attached hydrogens (tertiary/aromatic N) is 1. The zero-order chi connectivity index (χ0) is 15.8. The van der Waals surface area contributed by atoms with Crippen molar-refractivity contribution in [2.75, 3.05) is 5.32 Å². The number of hydrogen-bond acceptors (Lipinski definition) is 1. The van der Waals surface area contributed by atoms with Gasteiger partial charge >= 0.3 is 0 Å². The highest BCUT2D eigenvalue weighted by atomic mass is 16.2. The Hall–Kier alpha value is -2.81. The number of para-hydroxylation sites is 2. The monoisotopic (exact) mass is 302 g/mol. The quantitative estimate of drug-likeness (QED) is 0.708. The van der Waals surface area contributed by atoms with Crippen molar-refractivity contribution in [3.63, 3.8) is 0 Å². The highest BCUT2D eigenvalue weighted by Crippen LogP contribution is 2.34. The number of carbonyl (C=O) groups excluding carboxylic acids is 1. The number of hydrogen-bond donors (Lipinski definition) is 1. The van der Waals surface area contributed by atoms with Gasteiger partial charge in [-0.2, -0.15) is 0 Å². The van der Waals surface area contributed by atoms with Gasteiger partial charge in [0.2, 0.25) is 0 Å². The molecule has 0 radical (unpaired) electrons. The Balaban J connectivity index is 1.89. The first-order valence-corrected chi connectivity index (χ1v) is 7.98. The zero-order valence-corrected chi connectivity index (χ0v) is 13.0. The molecule has 0 bridgehead atoms. The Bertz CT molecular complexity index is 934. The summed E-state index contributed by atoms with van der Waals surface area (Å²) >= 11 is 0. The van der Waals surface area contributed by atoms with Gasteiger partial charge < -0.3 is 9.88 Å². The number of carbonyl (C=O) groups is 1. The van der Waals surface area contributed by atoms with Crippen LogP contribution >= 0.6 is 0 Å². The minimum absolute atomic E-state index is 0.0291. The van der Waals surface area contributed by atoms with Crippen LogP contribution in [0.1, 0.15) is 24.5 Å². The van der Waals surface area contributed by atoms with Crippen molar-refractivity contribution in [2.24, 2.45) is 0 Å². The van der Waals surface area contributed by atoms with Crippen molar-refractivity contribution < 1.29 is 4.79 Å². The van der Waals surface area contributed by atoms with Crippen LogP contribution in [0.25, 0.3) is 22.6 Å². The van der Waals surface area contributed by atoms with E-state index in [-0.39, 0.29) is 5.91 Å². The second-order valence-corrected chi connectivity index (χ2v) is 5.85. The van der Waals surface area contributed by atoms with E-state index in [4.69, 9.17) is 0 Å². The average molecular weight is 302 g/mol. The number of aryl methyl sites for hydroxylation is 1. The molecule has 2 aromatic carbocycles. The molecule has 1 amide bonds. The molecule has 1 aliphatic heterocycles. The molecule has 23 heavy (non-hydrogen) atoms. The molecule has 0 spiro atoms. The van der Waals surface area contributed by atoms with E-state index in [1.165, 1.54) is 10.9 Å². The Morgan fingerprint density at radius 3 is 2.74 bits per heavy atom. The predicted molar refractivity (Wildman–Crippen MR) is 95.2 cm³/mol. The standard InChI is InChI=1S/C20H18N2O/c1-2-11-22-13-14(15-7-4-6-10-19(15)22)12-17-16-8-3-5-9-18(16)21-20(17)23/h3-10,12-13H,2,11H2,1H3,(H,21,23)/b17-12-. The highest BCUT2D eigenvalue weighted by molar-refractivity contribution is 6.35. The molecule has 0 saturated heterocycles. The molecule has 3 aromatic rings. The molecular weight excluding hydrogens is 284 g/mol. The Labute approximate surface area is 135 Å². The molecule has 0 aliphatic carbocycles. The first-order valence-electron chi connectivity index (χ1n) is 7.98. The Morgan fingerprint density at radius 1 is 1.09 bits per heavy atom. The fraction of sp³-hybridized carbons (Fsp3) is 0.150. The second kappa shape index (κ2) is 5.43. The molecule has 4 rings (SSSR count). The summed E-state index contributed by atoms with van der Waals surface area (Å²) in [5, 5.41) is 4.12. The fourth-order valence-electron chi connectivity index (χ4n) is 3.25. The van der Waals surface area contributed by atoms with E-state index in [9.17, 15) is 4.79 Å². The molecule has 3 heteroatoms. The number of rotatable bonds is 3. The van der Waals surface area contributed by atoms with Crippen LogP contribution in [0.4, 0.5) is 5.69 Å². The summed E-state index contributed by atoms with van der Waals surface area (Å²) in [6.45, 7) is 3.15.